The Morgan fingerprint density at radius 2 is 1.31 bits per heavy atom. The molecular weight excluding hydrogens is 364 g/mol. The lowest BCUT2D eigenvalue weighted by atomic mass is 9.79. The fourth-order valence-electron chi connectivity index (χ4n) is 4.47. The zero-order valence-electron chi connectivity index (χ0n) is 19.3. The number of hydrogen-bond acceptors (Lipinski definition) is 3. The van der Waals surface area contributed by atoms with Crippen molar-refractivity contribution in [2.24, 2.45) is 17.8 Å². The van der Waals surface area contributed by atoms with E-state index in [9.17, 15) is 14.7 Å². The maximum Gasteiger partial charge on any atom is 0.310 e. The number of hydrogen-bond donors (Lipinski definition) is 1. The van der Waals surface area contributed by atoms with E-state index in [4.69, 9.17) is 4.74 Å². The summed E-state index contributed by atoms with van der Waals surface area (Å²) in [5.74, 6) is -1.29. The maximum atomic E-state index is 12.5. The second-order valence-corrected chi connectivity index (χ2v) is 9.46. The van der Waals surface area contributed by atoms with Gasteiger partial charge in [-0.3, -0.25) is 9.59 Å². The van der Waals surface area contributed by atoms with Gasteiger partial charge in [-0.25, -0.2) is 0 Å². The van der Waals surface area contributed by atoms with Crippen molar-refractivity contribution in [2.45, 2.75) is 130 Å². The highest BCUT2D eigenvalue weighted by molar-refractivity contribution is 5.81. The van der Waals surface area contributed by atoms with E-state index in [1.165, 1.54) is 57.8 Å². The van der Waals surface area contributed by atoms with E-state index >= 15 is 0 Å². The lowest BCUT2D eigenvalue weighted by molar-refractivity contribution is -0.164. The number of carbonyl (C=O) groups is 2. The SMILES string of the molecule is CCC(CCCCCCCCCCCC(C)C)OC(=O)C1CCCCC1C(=O)O. The van der Waals surface area contributed by atoms with Gasteiger partial charge in [0.25, 0.3) is 0 Å². The molecule has 0 heterocycles. The third-order valence-corrected chi connectivity index (χ3v) is 6.43. The van der Waals surface area contributed by atoms with Gasteiger partial charge in [-0.2, -0.15) is 0 Å². The van der Waals surface area contributed by atoms with Gasteiger partial charge in [0, 0.05) is 0 Å². The van der Waals surface area contributed by atoms with E-state index in [0.717, 1.165) is 38.0 Å². The van der Waals surface area contributed by atoms with Crippen molar-refractivity contribution in [1.82, 2.24) is 0 Å². The second kappa shape index (κ2) is 15.7. The molecule has 0 aliphatic heterocycles. The second-order valence-electron chi connectivity index (χ2n) is 9.46. The van der Waals surface area contributed by atoms with Gasteiger partial charge in [-0.05, 0) is 38.0 Å². The van der Waals surface area contributed by atoms with Crippen LogP contribution in [0.25, 0.3) is 0 Å². The number of unbranched alkanes of at least 4 members (excludes halogenated alkanes) is 8. The van der Waals surface area contributed by atoms with Crippen LogP contribution in [0.15, 0.2) is 0 Å². The molecule has 0 bridgehead atoms. The average Bonchev–Trinajstić information content (AvgIpc) is 2.70. The van der Waals surface area contributed by atoms with Gasteiger partial charge < -0.3 is 9.84 Å². The summed E-state index contributed by atoms with van der Waals surface area (Å²) < 4.78 is 5.72. The molecule has 4 nitrogen and oxygen atoms in total. The molecule has 0 radical (unpaired) electrons. The van der Waals surface area contributed by atoms with Gasteiger partial charge >= 0.3 is 11.9 Å². The summed E-state index contributed by atoms with van der Waals surface area (Å²) in [4.78, 5) is 23.9. The first-order chi connectivity index (χ1) is 14.0. The highest BCUT2D eigenvalue weighted by Crippen LogP contribution is 2.32. The summed E-state index contributed by atoms with van der Waals surface area (Å²) in [5, 5.41) is 9.37. The summed E-state index contributed by atoms with van der Waals surface area (Å²) in [5.41, 5.74) is 0. The zero-order valence-corrected chi connectivity index (χ0v) is 19.3. The lowest BCUT2D eigenvalue weighted by Crippen LogP contribution is -2.35. The number of rotatable bonds is 16. The summed E-state index contributed by atoms with van der Waals surface area (Å²) in [6.07, 6.45) is 17.8. The number of carbonyl (C=O) groups excluding carboxylic acids is 1. The monoisotopic (exact) mass is 410 g/mol. The van der Waals surface area contributed by atoms with Crippen LogP contribution in [0.3, 0.4) is 0 Å². The highest BCUT2D eigenvalue weighted by atomic mass is 16.5. The van der Waals surface area contributed by atoms with Gasteiger partial charge in [-0.1, -0.05) is 91.4 Å². The van der Waals surface area contributed by atoms with Crippen LogP contribution in [0, 0.1) is 17.8 Å². The number of ether oxygens (including phenoxy) is 1. The number of aliphatic carboxylic acids is 1. The quantitative estimate of drug-likeness (QED) is 0.217. The third-order valence-electron chi connectivity index (χ3n) is 6.43. The molecule has 1 aliphatic carbocycles. The van der Waals surface area contributed by atoms with Crippen LogP contribution in [0.2, 0.25) is 0 Å². The molecule has 0 aromatic carbocycles. The first-order valence-corrected chi connectivity index (χ1v) is 12.4. The predicted molar refractivity (Wildman–Crippen MR) is 119 cm³/mol. The van der Waals surface area contributed by atoms with Crippen molar-refractivity contribution in [3.63, 3.8) is 0 Å². The van der Waals surface area contributed by atoms with Crippen molar-refractivity contribution in [3.8, 4) is 0 Å². The van der Waals surface area contributed by atoms with E-state index in [-0.39, 0.29) is 12.1 Å². The average molecular weight is 411 g/mol. The summed E-state index contributed by atoms with van der Waals surface area (Å²) in [6.45, 7) is 6.65. The number of carboxylic acids is 1. The highest BCUT2D eigenvalue weighted by Gasteiger charge is 2.37. The molecule has 1 aliphatic rings. The van der Waals surface area contributed by atoms with Gasteiger partial charge in [0.15, 0.2) is 0 Å². The van der Waals surface area contributed by atoms with Crippen LogP contribution in [0.5, 0.6) is 0 Å². The largest absolute Gasteiger partial charge is 0.481 e. The normalized spacial score (nSPS) is 20.6. The summed E-state index contributed by atoms with van der Waals surface area (Å²) in [6, 6.07) is 0. The van der Waals surface area contributed by atoms with E-state index in [0.29, 0.717) is 12.8 Å². The van der Waals surface area contributed by atoms with E-state index in [2.05, 4.69) is 13.8 Å². The van der Waals surface area contributed by atoms with Gasteiger partial charge in [0.1, 0.15) is 6.10 Å². The molecule has 0 aromatic rings. The van der Waals surface area contributed by atoms with Crippen LogP contribution in [0.4, 0.5) is 0 Å². The molecule has 170 valence electrons. The molecule has 3 unspecified atom stereocenters. The van der Waals surface area contributed by atoms with Crippen LogP contribution in [0.1, 0.15) is 124 Å². The first kappa shape index (κ1) is 26.0. The molecular formula is C25H46O4. The van der Waals surface area contributed by atoms with Crippen molar-refractivity contribution in [2.75, 3.05) is 0 Å². The van der Waals surface area contributed by atoms with Crippen LogP contribution in [-0.4, -0.2) is 23.1 Å². The Morgan fingerprint density at radius 1 is 0.828 bits per heavy atom. The minimum absolute atomic E-state index is 0.0557. The molecule has 1 saturated carbocycles. The van der Waals surface area contributed by atoms with E-state index < -0.39 is 17.8 Å². The Balaban J connectivity index is 2.10. The molecule has 0 aromatic heterocycles. The molecule has 0 amide bonds. The Hall–Kier alpha value is -1.06. The van der Waals surface area contributed by atoms with Gasteiger partial charge in [0.05, 0.1) is 11.8 Å². The summed E-state index contributed by atoms with van der Waals surface area (Å²) in [7, 11) is 0. The zero-order chi connectivity index (χ0) is 21.5. The van der Waals surface area contributed by atoms with Gasteiger partial charge in [-0.15, -0.1) is 0 Å². The minimum atomic E-state index is -0.848. The van der Waals surface area contributed by atoms with Crippen molar-refractivity contribution in [1.29, 1.82) is 0 Å². The maximum absolute atomic E-state index is 12.5. The number of esters is 1. The number of carboxylic acid groups (broad SMARTS) is 1. The Bertz CT molecular complexity index is 446. The Morgan fingerprint density at radius 3 is 1.79 bits per heavy atom. The Kier molecular flexibility index (Phi) is 14.1. The van der Waals surface area contributed by atoms with Crippen LogP contribution >= 0.6 is 0 Å². The first-order valence-electron chi connectivity index (χ1n) is 12.4. The molecule has 4 heteroatoms. The molecule has 0 spiro atoms. The Labute approximate surface area is 179 Å². The van der Waals surface area contributed by atoms with Gasteiger partial charge in [0.2, 0.25) is 0 Å². The van der Waals surface area contributed by atoms with Crippen molar-refractivity contribution >= 4 is 11.9 Å². The molecule has 1 rings (SSSR count). The standard InChI is InChI=1S/C25H46O4/c1-4-21(29-25(28)23-19-15-14-18-22(23)24(26)27)17-13-11-9-7-5-6-8-10-12-16-20(2)3/h20-23H,4-19H2,1-3H3,(H,26,27). The predicted octanol–water partition coefficient (Wildman–Crippen LogP) is 7.15. The molecule has 0 saturated heterocycles. The molecule has 1 fully saturated rings. The summed E-state index contributed by atoms with van der Waals surface area (Å²) >= 11 is 0. The topological polar surface area (TPSA) is 63.6 Å². The van der Waals surface area contributed by atoms with Crippen molar-refractivity contribution < 1.29 is 19.4 Å². The molecule has 1 N–H and O–H groups in total. The fourth-order valence-corrected chi connectivity index (χ4v) is 4.47. The lowest BCUT2D eigenvalue weighted by Gasteiger charge is -2.28. The van der Waals surface area contributed by atoms with Crippen LogP contribution in [-0.2, 0) is 14.3 Å². The van der Waals surface area contributed by atoms with Crippen molar-refractivity contribution in [3.05, 3.63) is 0 Å². The smallest absolute Gasteiger partial charge is 0.310 e. The van der Waals surface area contributed by atoms with E-state index in [1.54, 1.807) is 0 Å². The molecule has 29 heavy (non-hydrogen) atoms. The molecule has 3 atom stereocenters. The third kappa shape index (κ3) is 11.6. The minimum Gasteiger partial charge on any atom is -0.481 e. The van der Waals surface area contributed by atoms with E-state index in [1.807, 2.05) is 6.92 Å². The van der Waals surface area contributed by atoms with Crippen LogP contribution < -0.4 is 0 Å². The fraction of sp³-hybridized carbons (Fsp3) is 0.920.